The average molecular weight is 263 g/mol. The molecule has 19 heavy (non-hydrogen) atoms. The fourth-order valence-electron chi connectivity index (χ4n) is 2.35. The van der Waals surface area contributed by atoms with E-state index in [4.69, 9.17) is 20.6 Å². The highest BCUT2D eigenvalue weighted by molar-refractivity contribution is 6.00. The molecule has 1 aromatic carbocycles. The standard InChI is InChI=1S/C14H21N3O2/c1-14(2)9-17(6-7-19-14)12-8-10(18-3)4-5-11(12)13(15)16/h4-5,8H,6-7,9H2,1-3H3,(H3,15,16). The third-order valence-electron chi connectivity index (χ3n) is 3.26. The van der Waals surface area contributed by atoms with Gasteiger partial charge in [0.15, 0.2) is 0 Å². The van der Waals surface area contributed by atoms with Crippen LogP contribution in [0, 0.1) is 5.41 Å². The highest BCUT2D eigenvalue weighted by atomic mass is 16.5. The van der Waals surface area contributed by atoms with Crippen molar-refractivity contribution in [3.05, 3.63) is 23.8 Å². The van der Waals surface area contributed by atoms with Crippen LogP contribution < -0.4 is 15.4 Å². The van der Waals surface area contributed by atoms with Crippen LogP contribution in [0.3, 0.4) is 0 Å². The maximum atomic E-state index is 7.70. The number of hydrogen-bond acceptors (Lipinski definition) is 4. The number of amidine groups is 1. The number of hydrogen-bond donors (Lipinski definition) is 2. The lowest BCUT2D eigenvalue weighted by Crippen LogP contribution is -2.48. The molecular formula is C14H21N3O2. The molecule has 1 aliphatic heterocycles. The SMILES string of the molecule is COc1ccc(C(=N)N)c(N2CCOC(C)(C)C2)c1. The first-order valence-corrected chi connectivity index (χ1v) is 6.34. The lowest BCUT2D eigenvalue weighted by atomic mass is 10.0. The number of nitrogens with zero attached hydrogens (tertiary/aromatic N) is 1. The summed E-state index contributed by atoms with van der Waals surface area (Å²) in [6, 6.07) is 5.59. The molecule has 0 amide bonds. The normalized spacial score (nSPS) is 18.2. The molecule has 1 fully saturated rings. The summed E-state index contributed by atoms with van der Waals surface area (Å²) in [5.41, 5.74) is 7.13. The monoisotopic (exact) mass is 263 g/mol. The molecule has 1 saturated heterocycles. The quantitative estimate of drug-likeness (QED) is 0.642. The van der Waals surface area contributed by atoms with Crippen molar-refractivity contribution in [2.75, 3.05) is 31.7 Å². The van der Waals surface area contributed by atoms with Gasteiger partial charge in [0.2, 0.25) is 0 Å². The molecular weight excluding hydrogens is 242 g/mol. The molecule has 1 heterocycles. The van der Waals surface area contributed by atoms with Crippen LogP contribution in [0.15, 0.2) is 18.2 Å². The summed E-state index contributed by atoms with van der Waals surface area (Å²) in [5.74, 6) is 0.839. The summed E-state index contributed by atoms with van der Waals surface area (Å²) in [6.07, 6.45) is 0. The van der Waals surface area contributed by atoms with Crippen molar-refractivity contribution in [3.63, 3.8) is 0 Å². The predicted molar refractivity (Wildman–Crippen MR) is 76.3 cm³/mol. The van der Waals surface area contributed by atoms with Crippen LogP contribution in [0.25, 0.3) is 0 Å². The topological polar surface area (TPSA) is 71.6 Å². The first-order chi connectivity index (χ1) is 8.93. The molecule has 0 aromatic heterocycles. The van der Waals surface area contributed by atoms with E-state index >= 15 is 0 Å². The number of nitrogen functional groups attached to an aromatic ring is 1. The number of nitrogens with one attached hydrogen (secondary N) is 1. The molecule has 0 unspecified atom stereocenters. The van der Waals surface area contributed by atoms with Gasteiger partial charge in [-0.05, 0) is 26.0 Å². The van der Waals surface area contributed by atoms with E-state index in [2.05, 4.69) is 18.7 Å². The van der Waals surface area contributed by atoms with Crippen LogP contribution in [0.1, 0.15) is 19.4 Å². The van der Waals surface area contributed by atoms with E-state index in [-0.39, 0.29) is 11.4 Å². The van der Waals surface area contributed by atoms with E-state index in [1.165, 1.54) is 0 Å². The lowest BCUT2D eigenvalue weighted by molar-refractivity contribution is -0.0277. The van der Waals surface area contributed by atoms with Gasteiger partial charge in [-0.2, -0.15) is 0 Å². The van der Waals surface area contributed by atoms with Crippen molar-refractivity contribution in [2.45, 2.75) is 19.4 Å². The van der Waals surface area contributed by atoms with E-state index in [1.54, 1.807) is 7.11 Å². The van der Waals surface area contributed by atoms with Crippen LogP contribution in [-0.4, -0.2) is 38.2 Å². The smallest absolute Gasteiger partial charge is 0.124 e. The zero-order valence-corrected chi connectivity index (χ0v) is 11.7. The van der Waals surface area contributed by atoms with Crippen LogP contribution in [-0.2, 0) is 4.74 Å². The minimum Gasteiger partial charge on any atom is -0.497 e. The van der Waals surface area contributed by atoms with Gasteiger partial charge in [-0.15, -0.1) is 0 Å². The van der Waals surface area contributed by atoms with Gasteiger partial charge in [-0.1, -0.05) is 0 Å². The summed E-state index contributed by atoms with van der Waals surface area (Å²) in [7, 11) is 1.63. The molecule has 104 valence electrons. The first-order valence-electron chi connectivity index (χ1n) is 6.34. The van der Waals surface area contributed by atoms with Gasteiger partial charge in [0.05, 0.1) is 25.0 Å². The van der Waals surface area contributed by atoms with Crippen molar-refractivity contribution in [1.82, 2.24) is 0 Å². The molecule has 0 aliphatic carbocycles. The number of methoxy groups -OCH3 is 1. The van der Waals surface area contributed by atoms with Crippen molar-refractivity contribution < 1.29 is 9.47 Å². The fourth-order valence-corrected chi connectivity index (χ4v) is 2.35. The van der Waals surface area contributed by atoms with E-state index < -0.39 is 0 Å². The van der Waals surface area contributed by atoms with Gasteiger partial charge in [0, 0.05) is 24.7 Å². The van der Waals surface area contributed by atoms with Crippen molar-refractivity contribution in [1.29, 1.82) is 5.41 Å². The fraction of sp³-hybridized carbons (Fsp3) is 0.500. The van der Waals surface area contributed by atoms with Gasteiger partial charge >= 0.3 is 0 Å². The Hall–Kier alpha value is -1.75. The minimum absolute atomic E-state index is 0.0713. The number of nitrogens with two attached hydrogens (primary N) is 1. The zero-order valence-electron chi connectivity index (χ0n) is 11.7. The second-order valence-electron chi connectivity index (χ2n) is 5.33. The van der Waals surface area contributed by atoms with Crippen molar-refractivity contribution >= 4 is 11.5 Å². The highest BCUT2D eigenvalue weighted by Crippen LogP contribution is 2.29. The van der Waals surface area contributed by atoms with Gasteiger partial charge in [-0.3, -0.25) is 5.41 Å². The number of morpholine rings is 1. The molecule has 2 rings (SSSR count). The molecule has 0 atom stereocenters. The third-order valence-corrected chi connectivity index (χ3v) is 3.26. The van der Waals surface area contributed by atoms with E-state index in [0.29, 0.717) is 6.61 Å². The molecule has 0 spiro atoms. The minimum atomic E-state index is -0.199. The van der Waals surface area contributed by atoms with E-state index in [1.807, 2.05) is 18.2 Å². The van der Waals surface area contributed by atoms with Crippen LogP contribution in [0.2, 0.25) is 0 Å². The third kappa shape index (κ3) is 2.98. The van der Waals surface area contributed by atoms with Crippen molar-refractivity contribution in [2.24, 2.45) is 5.73 Å². The Balaban J connectivity index is 2.38. The molecule has 1 aromatic rings. The second-order valence-corrected chi connectivity index (χ2v) is 5.33. The second kappa shape index (κ2) is 5.09. The summed E-state index contributed by atoms with van der Waals surface area (Å²) in [4.78, 5) is 2.20. The van der Waals surface area contributed by atoms with E-state index in [0.717, 1.165) is 30.1 Å². The summed E-state index contributed by atoms with van der Waals surface area (Å²) >= 11 is 0. The molecule has 1 aliphatic rings. The first kappa shape index (κ1) is 13.7. The van der Waals surface area contributed by atoms with Gasteiger partial charge < -0.3 is 20.1 Å². The molecule has 5 heteroatoms. The van der Waals surface area contributed by atoms with Gasteiger partial charge in [-0.25, -0.2) is 0 Å². The van der Waals surface area contributed by atoms with Gasteiger partial charge in [0.25, 0.3) is 0 Å². The molecule has 3 N–H and O–H groups in total. The summed E-state index contributed by atoms with van der Waals surface area (Å²) in [6.45, 7) is 6.35. The number of ether oxygens (including phenoxy) is 2. The van der Waals surface area contributed by atoms with Crippen LogP contribution >= 0.6 is 0 Å². The summed E-state index contributed by atoms with van der Waals surface area (Å²) < 4.78 is 11.0. The van der Waals surface area contributed by atoms with Crippen molar-refractivity contribution in [3.8, 4) is 5.75 Å². The zero-order chi connectivity index (χ0) is 14.0. The number of benzene rings is 1. The van der Waals surface area contributed by atoms with Crippen LogP contribution in [0.5, 0.6) is 5.75 Å². The summed E-state index contributed by atoms with van der Waals surface area (Å²) in [5, 5.41) is 7.70. The Bertz CT molecular complexity index is 486. The maximum absolute atomic E-state index is 7.70. The number of anilines is 1. The Kier molecular flexibility index (Phi) is 3.66. The number of rotatable bonds is 3. The molecule has 5 nitrogen and oxygen atoms in total. The average Bonchev–Trinajstić information content (AvgIpc) is 2.36. The maximum Gasteiger partial charge on any atom is 0.124 e. The molecule has 0 bridgehead atoms. The highest BCUT2D eigenvalue weighted by Gasteiger charge is 2.28. The lowest BCUT2D eigenvalue weighted by Gasteiger charge is -2.40. The van der Waals surface area contributed by atoms with Gasteiger partial charge in [0.1, 0.15) is 11.6 Å². The molecule has 0 saturated carbocycles. The Morgan fingerprint density at radius 1 is 1.47 bits per heavy atom. The largest absolute Gasteiger partial charge is 0.497 e. The Morgan fingerprint density at radius 2 is 2.21 bits per heavy atom. The Morgan fingerprint density at radius 3 is 2.79 bits per heavy atom. The van der Waals surface area contributed by atoms with Crippen LogP contribution in [0.4, 0.5) is 5.69 Å². The Labute approximate surface area is 113 Å². The molecule has 0 radical (unpaired) electrons. The van der Waals surface area contributed by atoms with E-state index in [9.17, 15) is 0 Å². The predicted octanol–water partition coefficient (Wildman–Crippen LogP) is 1.59.